The van der Waals surface area contributed by atoms with E-state index in [1.165, 1.54) is 6.07 Å². The molecule has 3 rings (SSSR count). The Bertz CT molecular complexity index is 783. The highest BCUT2D eigenvalue weighted by atomic mass is 19.1. The van der Waals surface area contributed by atoms with E-state index in [1.54, 1.807) is 0 Å². The largest absolute Gasteiger partial charge is 0.368 e. The van der Waals surface area contributed by atoms with Gasteiger partial charge in [-0.05, 0) is 41.3 Å². The zero-order chi connectivity index (χ0) is 15.1. The van der Waals surface area contributed by atoms with E-state index in [0.29, 0.717) is 12.8 Å². The molecular formula is C11H10FN5O3. The van der Waals surface area contributed by atoms with Gasteiger partial charge in [-0.15, -0.1) is 0 Å². The third-order valence-electron chi connectivity index (χ3n) is 3.18. The van der Waals surface area contributed by atoms with E-state index in [-0.39, 0.29) is 17.2 Å². The first-order chi connectivity index (χ1) is 10.0. The predicted molar refractivity (Wildman–Crippen MR) is 65.2 cm³/mol. The quantitative estimate of drug-likeness (QED) is 0.614. The summed E-state index contributed by atoms with van der Waals surface area (Å²) in [5, 5.41) is 18.2. The molecule has 0 unspecified atom stereocenters. The number of tetrazole rings is 1. The van der Waals surface area contributed by atoms with Crippen molar-refractivity contribution in [3.8, 4) is 5.69 Å². The molecule has 0 amide bonds. The topological polar surface area (TPSA) is 95.8 Å². The van der Waals surface area contributed by atoms with Gasteiger partial charge in [-0.1, -0.05) is 0 Å². The molecule has 20 heavy (non-hydrogen) atoms. The van der Waals surface area contributed by atoms with E-state index in [4.69, 9.17) is 1.37 Å². The summed E-state index contributed by atoms with van der Waals surface area (Å²) in [5.41, 5.74) is -0.996. The van der Waals surface area contributed by atoms with Crippen molar-refractivity contribution in [1.29, 1.82) is 0 Å². The number of halogens is 1. The highest BCUT2D eigenvalue weighted by Crippen LogP contribution is 2.47. The molecule has 1 heterocycles. The Morgan fingerprint density at radius 2 is 2.25 bits per heavy atom. The van der Waals surface area contributed by atoms with Crippen LogP contribution in [0.1, 0.15) is 25.7 Å². The van der Waals surface area contributed by atoms with Gasteiger partial charge in [0.2, 0.25) is 5.82 Å². The Morgan fingerprint density at radius 3 is 2.80 bits per heavy atom. The first kappa shape index (κ1) is 11.3. The van der Waals surface area contributed by atoms with E-state index in [2.05, 4.69) is 10.4 Å². The number of nitro benzene ring substituents is 1. The van der Waals surface area contributed by atoms with Gasteiger partial charge < -0.3 is 0 Å². The van der Waals surface area contributed by atoms with Crippen LogP contribution in [0.2, 0.25) is 0 Å². The second-order valence-corrected chi connectivity index (χ2v) is 4.53. The molecule has 1 aliphatic rings. The molecule has 0 atom stereocenters. The lowest BCUT2D eigenvalue weighted by Crippen LogP contribution is -2.23. The fourth-order valence-corrected chi connectivity index (χ4v) is 2.14. The Balaban J connectivity index is 2.27. The van der Waals surface area contributed by atoms with Crippen LogP contribution in [-0.4, -0.2) is 24.7 Å². The molecule has 1 aromatic carbocycles. The Hall–Kier alpha value is -2.58. The smallest absolute Gasteiger partial charge is 0.258 e. The fourth-order valence-electron chi connectivity index (χ4n) is 2.14. The molecule has 0 spiro atoms. The molecule has 0 aliphatic heterocycles. The molecule has 8 nitrogen and oxygen atoms in total. The van der Waals surface area contributed by atoms with Crippen molar-refractivity contribution in [1.82, 2.24) is 19.8 Å². The summed E-state index contributed by atoms with van der Waals surface area (Å²) in [4.78, 5) is 22.3. The average molecular weight is 280 g/mol. The summed E-state index contributed by atoms with van der Waals surface area (Å²) in [5.74, 6) is -1.10. The van der Waals surface area contributed by atoms with Crippen molar-refractivity contribution in [2.45, 2.75) is 18.8 Å². The third kappa shape index (κ3) is 1.78. The maximum Gasteiger partial charge on any atom is 0.368 e. The summed E-state index contributed by atoms with van der Waals surface area (Å²) in [6.45, 7) is 0. The van der Waals surface area contributed by atoms with Crippen molar-refractivity contribution < 1.29 is 10.7 Å². The minimum atomic E-state index is -0.938. The second kappa shape index (κ2) is 4.22. The van der Waals surface area contributed by atoms with Crippen LogP contribution < -0.4 is 5.69 Å². The highest BCUT2D eigenvalue weighted by molar-refractivity contribution is 5.57. The van der Waals surface area contributed by atoms with Crippen molar-refractivity contribution in [2.24, 2.45) is 7.02 Å². The highest BCUT2D eigenvalue weighted by Gasteiger charge is 2.36. The number of rotatable bonds is 3. The van der Waals surface area contributed by atoms with Crippen molar-refractivity contribution in [3.63, 3.8) is 0 Å². The molecular weight excluding hydrogens is 269 g/mol. The first-order valence-corrected chi connectivity index (χ1v) is 5.83. The van der Waals surface area contributed by atoms with Gasteiger partial charge in [0.25, 0.3) is 0 Å². The number of benzene rings is 1. The molecule has 1 saturated carbocycles. The van der Waals surface area contributed by atoms with Crippen LogP contribution >= 0.6 is 0 Å². The van der Waals surface area contributed by atoms with E-state index < -0.39 is 29.1 Å². The molecule has 0 N–H and O–H groups in total. The predicted octanol–water partition coefficient (Wildman–Crippen LogP) is 0.891. The van der Waals surface area contributed by atoms with Gasteiger partial charge in [0.1, 0.15) is 0 Å². The molecule has 1 fully saturated rings. The van der Waals surface area contributed by atoms with Gasteiger partial charge >= 0.3 is 11.4 Å². The monoisotopic (exact) mass is 280 g/mol. The number of nitro groups is 1. The number of nitrogens with zero attached hydrogens (tertiary/aromatic N) is 5. The van der Waals surface area contributed by atoms with Gasteiger partial charge in [-0.25, -0.2) is 4.79 Å². The third-order valence-corrected chi connectivity index (χ3v) is 3.18. The maximum atomic E-state index is 13.8. The molecule has 1 aliphatic carbocycles. The maximum absolute atomic E-state index is 13.8. The van der Waals surface area contributed by atoms with Gasteiger partial charge in [0.05, 0.1) is 16.2 Å². The summed E-state index contributed by atoms with van der Waals surface area (Å²) in [7, 11) is -0.416. The standard InChI is InChI=1S/C11H10FN5O3/c1-15-11(18)16(14-13-15)8-5-4-7(12)10(17(19)20)9(8)6-2-3-6/h4-6H,2-3H2,1H3/i1D. The van der Waals surface area contributed by atoms with Gasteiger partial charge in [0.15, 0.2) is 0 Å². The van der Waals surface area contributed by atoms with Crippen LogP contribution in [-0.2, 0) is 7.02 Å². The molecule has 0 bridgehead atoms. The summed E-state index contributed by atoms with van der Waals surface area (Å²) >= 11 is 0. The Kier molecular flexibility index (Phi) is 2.38. The molecule has 9 heteroatoms. The van der Waals surface area contributed by atoms with Gasteiger partial charge in [-0.3, -0.25) is 10.1 Å². The first-order valence-electron chi connectivity index (χ1n) is 6.54. The van der Waals surface area contributed by atoms with E-state index in [9.17, 15) is 19.3 Å². The molecule has 0 saturated heterocycles. The average Bonchev–Trinajstić information content (AvgIpc) is 3.22. The zero-order valence-corrected chi connectivity index (χ0v) is 10.2. The minimum Gasteiger partial charge on any atom is -0.258 e. The number of aryl methyl sites for hydroxylation is 1. The van der Waals surface area contributed by atoms with Gasteiger partial charge in [0, 0.05) is 8.39 Å². The lowest BCUT2D eigenvalue weighted by molar-refractivity contribution is -0.388. The van der Waals surface area contributed by atoms with Crippen molar-refractivity contribution in [2.75, 3.05) is 0 Å². The van der Waals surface area contributed by atoms with E-state index in [1.807, 2.05) is 0 Å². The van der Waals surface area contributed by atoms with Crippen LogP contribution in [0.4, 0.5) is 10.1 Å². The van der Waals surface area contributed by atoms with Crippen LogP contribution in [0.15, 0.2) is 16.9 Å². The van der Waals surface area contributed by atoms with Crippen molar-refractivity contribution >= 4 is 5.69 Å². The molecule has 0 radical (unpaired) electrons. The molecule has 1 aromatic heterocycles. The molecule has 2 aromatic rings. The van der Waals surface area contributed by atoms with Crippen molar-refractivity contribution in [3.05, 3.63) is 44.1 Å². The minimum absolute atomic E-state index is 0.148. The lowest BCUT2D eigenvalue weighted by Gasteiger charge is -2.08. The van der Waals surface area contributed by atoms with Crippen LogP contribution in [0.5, 0.6) is 0 Å². The number of hydrogen-bond acceptors (Lipinski definition) is 5. The normalized spacial score (nSPS) is 15.2. The SMILES string of the molecule is [2H]Cn1nnn(-c2ccc(F)c([N+](=O)[O-])c2C2CC2)c1=O. The zero-order valence-electron chi connectivity index (χ0n) is 11.2. The van der Waals surface area contributed by atoms with E-state index in [0.717, 1.165) is 15.4 Å². The van der Waals surface area contributed by atoms with Gasteiger partial charge in [-0.2, -0.15) is 13.8 Å². The summed E-state index contributed by atoms with van der Waals surface area (Å²) < 4.78 is 22.6. The number of aromatic nitrogens is 4. The van der Waals surface area contributed by atoms with Crippen LogP contribution in [0.25, 0.3) is 5.69 Å². The van der Waals surface area contributed by atoms with Crippen LogP contribution in [0, 0.1) is 15.9 Å². The fraction of sp³-hybridized carbons (Fsp3) is 0.364. The molecule has 104 valence electrons. The lowest BCUT2D eigenvalue weighted by atomic mass is 10.1. The van der Waals surface area contributed by atoms with E-state index >= 15 is 0 Å². The van der Waals surface area contributed by atoms with Crippen LogP contribution in [0.3, 0.4) is 0 Å². The summed E-state index contributed by atoms with van der Waals surface area (Å²) in [6.07, 6.45) is 1.39. The summed E-state index contributed by atoms with van der Waals surface area (Å²) in [6, 6.07) is 2.21. The Labute approximate surface area is 113 Å². The number of hydrogen-bond donors (Lipinski definition) is 0. The second-order valence-electron chi connectivity index (χ2n) is 4.53. The Morgan fingerprint density at radius 1 is 1.50 bits per heavy atom.